The molecule has 20 heavy (non-hydrogen) atoms. The number of nitrogens with one attached hydrogen (secondary N) is 2. The van der Waals surface area contributed by atoms with Crippen molar-refractivity contribution in [3.8, 4) is 5.75 Å². The zero-order valence-corrected chi connectivity index (χ0v) is 11.5. The molecule has 1 aromatic carbocycles. The normalized spacial score (nSPS) is 19.6. The van der Waals surface area contributed by atoms with Gasteiger partial charge in [-0.05, 0) is 12.1 Å². The number of rotatable bonds is 4. The smallest absolute Gasteiger partial charge is 0.407 e. The molecule has 0 saturated carbocycles. The van der Waals surface area contributed by atoms with E-state index in [0.29, 0.717) is 10.9 Å². The van der Waals surface area contributed by atoms with Gasteiger partial charge in [0.05, 0.1) is 40.7 Å². The van der Waals surface area contributed by atoms with Crippen LogP contribution in [0.25, 0.3) is 11.0 Å². The maximum Gasteiger partial charge on any atom is 0.407 e. The van der Waals surface area contributed by atoms with Crippen molar-refractivity contribution in [1.29, 1.82) is 0 Å². The number of nitrogens with zero attached hydrogens (tertiary/aromatic N) is 1. The van der Waals surface area contributed by atoms with Crippen LogP contribution in [0, 0.1) is 0 Å². The summed E-state index contributed by atoms with van der Waals surface area (Å²) in [5, 5.41) is 2.97. The Morgan fingerprint density at radius 2 is 2.40 bits per heavy atom. The van der Waals surface area contributed by atoms with Crippen LogP contribution in [-0.4, -0.2) is 45.8 Å². The van der Waals surface area contributed by atoms with Crippen molar-refractivity contribution in [2.45, 2.75) is 11.2 Å². The standard InChI is InChI=1S/C12H13N3O4S/c1-18-8-2-3-9-10(4-8)15-11(14-9)20(17)6-7-5-19-12(16)13-7/h2-4,7H,5-6H2,1H3,(H,13,16)(H,14,15). The molecule has 0 bridgehead atoms. The monoisotopic (exact) mass is 295 g/mol. The Labute approximate surface area is 117 Å². The number of benzene rings is 1. The molecule has 1 saturated heterocycles. The first-order valence-electron chi connectivity index (χ1n) is 6.01. The Hall–Kier alpha value is -2.09. The third-order valence-corrected chi connectivity index (χ3v) is 4.30. The summed E-state index contributed by atoms with van der Waals surface area (Å²) in [6.45, 7) is 0.235. The Kier molecular flexibility index (Phi) is 3.31. The van der Waals surface area contributed by atoms with Crippen LogP contribution in [0.15, 0.2) is 23.4 Å². The van der Waals surface area contributed by atoms with E-state index in [9.17, 15) is 9.00 Å². The average Bonchev–Trinajstić information content (AvgIpc) is 3.03. The minimum absolute atomic E-state index is 0.235. The molecule has 2 atom stereocenters. The molecule has 2 aromatic rings. The van der Waals surface area contributed by atoms with Crippen LogP contribution in [-0.2, 0) is 15.5 Å². The van der Waals surface area contributed by atoms with E-state index in [1.807, 2.05) is 0 Å². The fourth-order valence-electron chi connectivity index (χ4n) is 1.98. The van der Waals surface area contributed by atoms with Crippen LogP contribution in [0.5, 0.6) is 5.75 Å². The molecule has 0 aliphatic carbocycles. The largest absolute Gasteiger partial charge is 0.497 e. The molecule has 0 spiro atoms. The van der Waals surface area contributed by atoms with Gasteiger partial charge in [-0.25, -0.2) is 9.78 Å². The van der Waals surface area contributed by atoms with Gasteiger partial charge in [-0.15, -0.1) is 0 Å². The summed E-state index contributed by atoms with van der Waals surface area (Å²) in [7, 11) is 0.251. The number of H-pyrrole nitrogens is 1. The lowest BCUT2D eigenvalue weighted by atomic mass is 10.3. The zero-order chi connectivity index (χ0) is 14.1. The number of carbonyl (C=O) groups is 1. The number of alkyl carbamates (subject to hydrolysis) is 1. The first-order valence-corrected chi connectivity index (χ1v) is 7.33. The Balaban J connectivity index is 1.79. The maximum absolute atomic E-state index is 12.2. The summed E-state index contributed by atoms with van der Waals surface area (Å²) in [6.07, 6.45) is -0.471. The highest BCUT2D eigenvalue weighted by Gasteiger charge is 2.25. The molecule has 1 aliphatic rings. The van der Waals surface area contributed by atoms with Gasteiger partial charge in [0.2, 0.25) is 0 Å². The number of ether oxygens (including phenoxy) is 2. The molecule has 2 unspecified atom stereocenters. The number of amides is 1. The molecule has 1 amide bonds. The van der Waals surface area contributed by atoms with Gasteiger partial charge in [-0.3, -0.25) is 4.21 Å². The van der Waals surface area contributed by atoms with Crippen molar-refractivity contribution in [1.82, 2.24) is 15.3 Å². The SMILES string of the molecule is COc1ccc2nc(S(=O)CC3COC(=O)N3)[nH]c2c1. The number of aromatic nitrogens is 2. The van der Waals surface area contributed by atoms with Crippen LogP contribution < -0.4 is 10.1 Å². The van der Waals surface area contributed by atoms with E-state index in [1.165, 1.54) is 0 Å². The number of imidazole rings is 1. The summed E-state index contributed by atoms with van der Waals surface area (Å²) >= 11 is 0. The summed E-state index contributed by atoms with van der Waals surface area (Å²) in [5.41, 5.74) is 1.49. The van der Waals surface area contributed by atoms with E-state index in [0.717, 1.165) is 11.0 Å². The number of methoxy groups -OCH3 is 1. The van der Waals surface area contributed by atoms with Crippen LogP contribution in [0.2, 0.25) is 0 Å². The van der Waals surface area contributed by atoms with Gasteiger partial charge in [0.25, 0.3) is 0 Å². The highest BCUT2D eigenvalue weighted by Crippen LogP contribution is 2.20. The molecule has 106 valence electrons. The van der Waals surface area contributed by atoms with Crippen molar-refractivity contribution >= 4 is 27.9 Å². The second-order valence-corrected chi connectivity index (χ2v) is 5.79. The molecule has 3 rings (SSSR count). The minimum atomic E-state index is -1.33. The summed E-state index contributed by atoms with van der Waals surface area (Å²) in [4.78, 5) is 18.2. The van der Waals surface area contributed by atoms with Gasteiger partial charge < -0.3 is 19.8 Å². The molecule has 2 N–H and O–H groups in total. The van der Waals surface area contributed by atoms with Gasteiger partial charge in [0.15, 0.2) is 5.16 Å². The summed E-state index contributed by atoms with van der Waals surface area (Å²) in [6, 6.07) is 5.14. The lowest BCUT2D eigenvalue weighted by Crippen LogP contribution is -2.31. The highest BCUT2D eigenvalue weighted by atomic mass is 32.2. The minimum Gasteiger partial charge on any atom is -0.497 e. The second kappa shape index (κ2) is 5.12. The van der Waals surface area contributed by atoms with E-state index >= 15 is 0 Å². The van der Waals surface area contributed by atoms with E-state index in [2.05, 4.69) is 15.3 Å². The van der Waals surface area contributed by atoms with Crippen molar-refractivity contribution < 1.29 is 18.5 Å². The third kappa shape index (κ3) is 2.46. The van der Waals surface area contributed by atoms with Gasteiger partial charge in [-0.1, -0.05) is 0 Å². The Morgan fingerprint density at radius 1 is 1.55 bits per heavy atom. The summed E-state index contributed by atoms with van der Waals surface area (Å²) < 4.78 is 22.1. The van der Waals surface area contributed by atoms with E-state index in [-0.39, 0.29) is 18.4 Å². The van der Waals surface area contributed by atoms with E-state index in [4.69, 9.17) is 9.47 Å². The fourth-order valence-corrected chi connectivity index (χ4v) is 3.10. The number of fused-ring (bicyclic) bond motifs is 1. The predicted octanol–water partition coefficient (Wildman–Crippen LogP) is 0.787. The Bertz CT molecular complexity index is 684. The number of aromatic amines is 1. The molecule has 8 heteroatoms. The predicted molar refractivity (Wildman–Crippen MR) is 72.2 cm³/mol. The zero-order valence-electron chi connectivity index (χ0n) is 10.7. The average molecular weight is 295 g/mol. The summed E-state index contributed by atoms with van der Waals surface area (Å²) in [5.74, 6) is 0.970. The van der Waals surface area contributed by atoms with E-state index < -0.39 is 16.9 Å². The van der Waals surface area contributed by atoms with Crippen LogP contribution in [0.3, 0.4) is 0 Å². The first kappa shape index (κ1) is 12.9. The van der Waals surface area contributed by atoms with Gasteiger partial charge in [-0.2, -0.15) is 0 Å². The van der Waals surface area contributed by atoms with Crippen molar-refractivity contribution in [3.05, 3.63) is 18.2 Å². The number of hydrogen-bond donors (Lipinski definition) is 2. The van der Waals surface area contributed by atoms with Gasteiger partial charge >= 0.3 is 6.09 Å². The van der Waals surface area contributed by atoms with Crippen LogP contribution >= 0.6 is 0 Å². The molecule has 1 aliphatic heterocycles. The molecule has 1 aromatic heterocycles. The first-order chi connectivity index (χ1) is 9.65. The topological polar surface area (TPSA) is 93.3 Å². The lowest BCUT2D eigenvalue weighted by Gasteiger charge is -2.04. The van der Waals surface area contributed by atoms with Crippen molar-refractivity contribution in [3.63, 3.8) is 0 Å². The Morgan fingerprint density at radius 3 is 3.10 bits per heavy atom. The molecule has 1 fully saturated rings. The number of hydrogen-bond acceptors (Lipinski definition) is 5. The molecule has 2 heterocycles. The maximum atomic E-state index is 12.2. The molecule has 0 radical (unpaired) electrons. The van der Waals surface area contributed by atoms with Gasteiger partial charge in [0.1, 0.15) is 12.4 Å². The third-order valence-electron chi connectivity index (χ3n) is 2.97. The quantitative estimate of drug-likeness (QED) is 0.869. The van der Waals surface area contributed by atoms with E-state index in [1.54, 1.807) is 25.3 Å². The second-order valence-electron chi connectivity index (χ2n) is 4.38. The van der Waals surface area contributed by atoms with Crippen molar-refractivity contribution in [2.24, 2.45) is 0 Å². The molecule has 7 nitrogen and oxygen atoms in total. The van der Waals surface area contributed by atoms with Crippen molar-refractivity contribution in [2.75, 3.05) is 19.5 Å². The van der Waals surface area contributed by atoms with Gasteiger partial charge in [0, 0.05) is 6.07 Å². The number of cyclic esters (lactones) is 1. The highest BCUT2D eigenvalue weighted by molar-refractivity contribution is 7.84. The fraction of sp³-hybridized carbons (Fsp3) is 0.333. The van der Waals surface area contributed by atoms with Crippen LogP contribution in [0.4, 0.5) is 4.79 Å². The molecular weight excluding hydrogens is 282 g/mol. The lowest BCUT2D eigenvalue weighted by molar-refractivity contribution is 0.177. The molecular formula is C12H13N3O4S. The van der Waals surface area contributed by atoms with Crippen LogP contribution in [0.1, 0.15) is 0 Å². The number of carbonyl (C=O) groups excluding carboxylic acids is 1.